The highest BCUT2D eigenvalue weighted by atomic mass is 19.4. The Labute approximate surface area is 150 Å². The Morgan fingerprint density at radius 2 is 1.54 bits per heavy atom. The third-order valence-electron chi connectivity index (χ3n) is 4.54. The molecule has 26 heavy (non-hydrogen) atoms. The molecule has 0 spiro atoms. The van der Waals surface area contributed by atoms with Crippen molar-refractivity contribution in [2.75, 3.05) is 18.4 Å². The van der Waals surface area contributed by atoms with Gasteiger partial charge in [-0.05, 0) is 67.9 Å². The van der Waals surface area contributed by atoms with Crippen LogP contribution in [0.5, 0.6) is 0 Å². The lowest BCUT2D eigenvalue weighted by atomic mass is 10.1. The van der Waals surface area contributed by atoms with E-state index in [-0.39, 0.29) is 5.91 Å². The molecule has 1 heterocycles. The average molecular weight is 362 g/mol. The predicted molar refractivity (Wildman–Crippen MR) is 95.0 cm³/mol. The molecule has 0 aromatic heterocycles. The summed E-state index contributed by atoms with van der Waals surface area (Å²) in [6.07, 6.45) is -0.631. The molecule has 1 aliphatic rings. The smallest absolute Gasteiger partial charge is 0.322 e. The molecule has 2 aromatic rings. The molecule has 0 bridgehead atoms. The van der Waals surface area contributed by atoms with Gasteiger partial charge in [0.25, 0.3) is 5.91 Å². The first-order chi connectivity index (χ1) is 12.4. The van der Waals surface area contributed by atoms with Crippen molar-refractivity contribution in [3.63, 3.8) is 0 Å². The van der Waals surface area contributed by atoms with Crippen molar-refractivity contribution < 1.29 is 18.0 Å². The highest BCUT2D eigenvalue weighted by molar-refractivity contribution is 6.04. The monoisotopic (exact) mass is 362 g/mol. The van der Waals surface area contributed by atoms with Gasteiger partial charge in [0.1, 0.15) is 0 Å². The first-order valence-corrected chi connectivity index (χ1v) is 8.72. The molecule has 3 rings (SSSR count). The number of rotatable bonds is 4. The van der Waals surface area contributed by atoms with E-state index in [2.05, 4.69) is 10.2 Å². The maximum atomic E-state index is 12.6. The SMILES string of the molecule is O=C(Nc1ccc(C(F)(F)F)cc1)c1ccc(CN2CCCCC2)cc1. The fraction of sp³-hybridized carbons (Fsp3) is 0.350. The number of carbonyl (C=O) groups is 1. The van der Waals surface area contributed by atoms with Crippen LogP contribution in [0.3, 0.4) is 0 Å². The first kappa shape index (κ1) is 18.5. The Hall–Kier alpha value is -2.34. The lowest BCUT2D eigenvalue weighted by molar-refractivity contribution is -0.137. The van der Waals surface area contributed by atoms with Crippen molar-refractivity contribution in [1.82, 2.24) is 4.90 Å². The minimum atomic E-state index is -4.38. The number of nitrogens with zero attached hydrogens (tertiary/aromatic N) is 1. The van der Waals surface area contributed by atoms with Crippen LogP contribution in [0.4, 0.5) is 18.9 Å². The number of amides is 1. The Kier molecular flexibility index (Phi) is 5.61. The maximum Gasteiger partial charge on any atom is 0.416 e. The van der Waals surface area contributed by atoms with E-state index in [1.54, 1.807) is 12.1 Å². The van der Waals surface area contributed by atoms with Gasteiger partial charge in [-0.2, -0.15) is 13.2 Å². The number of halogens is 3. The molecule has 3 nitrogen and oxygen atoms in total. The maximum absolute atomic E-state index is 12.6. The molecule has 138 valence electrons. The summed E-state index contributed by atoms with van der Waals surface area (Å²) in [7, 11) is 0. The molecule has 1 amide bonds. The Morgan fingerprint density at radius 3 is 2.12 bits per heavy atom. The van der Waals surface area contributed by atoms with Crippen LogP contribution in [0.2, 0.25) is 0 Å². The normalized spacial score (nSPS) is 15.7. The number of hydrogen-bond acceptors (Lipinski definition) is 2. The first-order valence-electron chi connectivity index (χ1n) is 8.72. The van der Waals surface area contributed by atoms with Crippen molar-refractivity contribution in [3.8, 4) is 0 Å². The van der Waals surface area contributed by atoms with Crippen molar-refractivity contribution >= 4 is 11.6 Å². The molecule has 0 radical (unpaired) electrons. The van der Waals surface area contributed by atoms with Crippen molar-refractivity contribution in [1.29, 1.82) is 0 Å². The van der Waals surface area contributed by atoms with E-state index in [9.17, 15) is 18.0 Å². The van der Waals surface area contributed by atoms with Gasteiger partial charge in [-0.1, -0.05) is 18.6 Å². The number of anilines is 1. The number of likely N-dealkylation sites (tertiary alicyclic amines) is 1. The lowest BCUT2D eigenvalue weighted by Crippen LogP contribution is -2.29. The van der Waals surface area contributed by atoms with Crippen LogP contribution < -0.4 is 5.32 Å². The van der Waals surface area contributed by atoms with E-state index in [0.29, 0.717) is 11.3 Å². The molecular formula is C20H21F3N2O. The number of nitrogens with one attached hydrogen (secondary N) is 1. The van der Waals surface area contributed by atoms with Crippen molar-refractivity contribution in [3.05, 3.63) is 65.2 Å². The lowest BCUT2D eigenvalue weighted by Gasteiger charge is -2.26. The largest absolute Gasteiger partial charge is 0.416 e. The van der Waals surface area contributed by atoms with Crippen LogP contribution in [-0.2, 0) is 12.7 Å². The van der Waals surface area contributed by atoms with Gasteiger partial charge in [0, 0.05) is 17.8 Å². The van der Waals surface area contributed by atoms with Crippen molar-refractivity contribution in [2.45, 2.75) is 32.0 Å². The van der Waals surface area contributed by atoms with E-state index in [4.69, 9.17) is 0 Å². The molecule has 0 atom stereocenters. The highest BCUT2D eigenvalue weighted by Crippen LogP contribution is 2.29. The molecule has 0 unspecified atom stereocenters. The third kappa shape index (κ3) is 4.85. The van der Waals surface area contributed by atoms with Crippen LogP contribution in [0.25, 0.3) is 0 Å². The van der Waals surface area contributed by atoms with Gasteiger partial charge >= 0.3 is 6.18 Å². The molecule has 0 saturated carbocycles. The zero-order valence-corrected chi connectivity index (χ0v) is 14.4. The summed E-state index contributed by atoms with van der Waals surface area (Å²) in [5, 5.41) is 2.62. The Balaban J connectivity index is 1.59. The molecule has 6 heteroatoms. The summed E-state index contributed by atoms with van der Waals surface area (Å²) in [6.45, 7) is 3.09. The summed E-state index contributed by atoms with van der Waals surface area (Å²) in [5.74, 6) is -0.339. The van der Waals surface area contributed by atoms with E-state index in [1.165, 1.54) is 31.4 Å². The van der Waals surface area contributed by atoms with Gasteiger partial charge in [-0.25, -0.2) is 0 Å². The minimum absolute atomic E-state index is 0.334. The Morgan fingerprint density at radius 1 is 0.923 bits per heavy atom. The summed E-state index contributed by atoms with van der Waals surface area (Å²) >= 11 is 0. The second kappa shape index (κ2) is 7.91. The second-order valence-electron chi connectivity index (χ2n) is 6.56. The number of benzene rings is 2. The molecular weight excluding hydrogens is 341 g/mol. The average Bonchev–Trinajstić information content (AvgIpc) is 2.63. The van der Waals surface area contributed by atoms with Crippen LogP contribution >= 0.6 is 0 Å². The molecule has 1 saturated heterocycles. The predicted octanol–water partition coefficient (Wildman–Crippen LogP) is 4.94. The molecule has 1 fully saturated rings. The van der Waals surface area contributed by atoms with Gasteiger partial charge in [-0.15, -0.1) is 0 Å². The van der Waals surface area contributed by atoms with Gasteiger partial charge in [0.05, 0.1) is 5.56 Å². The fourth-order valence-electron chi connectivity index (χ4n) is 3.08. The molecule has 0 aliphatic carbocycles. The van der Waals surface area contributed by atoms with Crippen LogP contribution in [0, 0.1) is 0 Å². The fourth-order valence-corrected chi connectivity index (χ4v) is 3.08. The van der Waals surface area contributed by atoms with E-state index in [0.717, 1.165) is 37.3 Å². The summed E-state index contributed by atoms with van der Waals surface area (Å²) < 4.78 is 37.7. The number of carbonyl (C=O) groups excluding carboxylic acids is 1. The van der Waals surface area contributed by atoms with Crippen LogP contribution in [-0.4, -0.2) is 23.9 Å². The summed E-state index contributed by atoms with van der Waals surface area (Å²) in [4.78, 5) is 14.7. The van der Waals surface area contributed by atoms with Crippen LogP contribution in [0.15, 0.2) is 48.5 Å². The summed E-state index contributed by atoms with van der Waals surface area (Å²) in [6, 6.07) is 11.8. The number of alkyl halides is 3. The zero-order chi connectivity index (χ0) is 18.6. The molecule has 1 aliphatic heterocycles. The second-order valence-corrected chi connectivity index (χ2v) is 6.56. The summed E-state index contributed by atoms with van der Waals surface area (Å²) in [5.41, 5.74) is 1.23. The van der Waals surface area contributed by atoms with Crippen molar-refractivity contribution in [2.24, 2.45) is 0 Å². The van der Waals surface area contributed by atoms with Gasteiger partial charge in [-0.3, -0.25) is 9.69 Å². The van der Waals surface area contributed by atoms with Gasteiger partial charge < -0.3 is 5.32 Å². The molecule has 2 aromatic carbocycles. The topological polar surface area (TPSA) is 32.3 Å². The van der Waals surface area contributed by atoms with Gasteiger partial charge in [0.15, 0.2) is 0 Å². The standard InChI is InChI=1S/C20H21F3N2O/c21-20(22,23)17-8-10-18(11-9-17)24-19(26)16-6-4-15(5-7-16)14-25-12-2-1-3-13-25/h4-11H,1-3,12-14H2,(H,24,26). The Bertz CT molecular complexity index is 733. The molecule has 1 N–H and O–H groups in total. The minimum Gasteiger partial charge on any atom is -0.322 e. The van der Waals surface area contributed by atoms with Gasteiger partial charge in [0.2, 0.25) is 0 Å². The number of hydrogen-bond donors (Lipinski definition) is 1. The van der Waals surface area contributed by atoms with Crippen LogP contribution in [0.1, 0.15) is 40.7 Å². The zero-order valence-electron chi connectivity index (χ0n) is 14.4. The van der Waals surface area contributed by atoms with E-state index in [1.807, 2.05) is 12.1 Å². The quantitative estimate of drug-likeness (QED) is 0.835. The van der Waals surface area contributed by atoms with E-state index >= 15 is 0 Å². The highest BCUT2D eigenvalue weighted by Gasteiger charge is 2.30. The number of piperidine rings is 1. The van der Waals surface area contributed by atoms with E-state index < -0.39 is 11.7 Å². The third-order valence-corrected chi connectivity index (χ3v) is 4.54.